The number of nitro benzene ring substituents is 1. The first kappa shape index (κ1) is 18.7. The minimum absolute atomic E-state index is 0.0835. The first-order valence-corrected chi connectivity index (χ1v) is 9.01. The van der Waals surface area contributed by atoms with E-state index in [1.54, 1.807) is 26.4 Å². The van der Waals surface area contributed by atoms with Gasteiger partial charge in [-0.15, -0.1) is 10.2 Å². The molecule has 1 aromatic heterocycles. The predicted octanol–water partition coefficient (Wildman–Crippen LogP) is 4.36. The minimum atomic E-state index is -0.409. The number of methoxy groups -OCH3 is 2. The quantitative estimate of drug-likeness (QED) is 0.340. The van der Waals surface area contributed by atoms with Gasteiger partial charge in [-0.25, -0.2) is 0 Å². The van der Waals surface area contributed by atoms with Gasteiger partial charge in [0.05, 0.1) is 24.8 Å². The van der Waals surface area contributed by atoms with Gasteiger partial charge in [0.2, 0.25) is 0 Å². The van der Waals surface area contributed by atoms with Crippen LogP contribution in [-0.2, 0) is 5.75 Å². The van der Waals surface area contributed by atoms with Crippen molar-refractivity contribution in [1.82, 2.24) is 10.2 Å². The third kappa shape index (κ3) is 4.53. The van der Waals surface area contributed by atoms with Crippen LogP contribution in [0.25, 0.3) is 11.3 Å². The number of rotatable bonds is 7. The second-order valence-corrected chi connectivity index (χ2v) is 6.53. The van der Waals surface area contributed by atoms with E-state index in [0.29, 0.717) is 22.9 Å². The molecule has 0 amide bonds. The lowest BCUT2D eigenvalue weighted by molar-refractivity contribution is -0.384. The van der Waals surface area contributed by atoms with E-state index in [4.69, 9.17) is 9.47 Å². The summed E-state index contributed by atoms with van der Waals surface area (Å²) in [6.45, 7) is 0. The highest BCUT2D eigenvalue weighted by atomic mass is 32.2. The Morgan fingerprint density at radius 1 is 1.00 bits per heavy atom. The van der Waals surface area contributed by atoms with E-state index in [0.717, 1.165) is 16.2 Å². The van der Waals surface area contributed by atoms with Crippen LogP contribution < -0.4 is 9.47 Å². The van der Waals surface area contributed by atoms with E-state index in [2.05, 4.69) is 10.2 Å². The van der Waals surface area contributed by atoms with Gasteiger partial charge in [-0.1, -0.05) is 23.9 Å². The molecule has 3 aromatic rings. The van der Waals surface area contributed by atoms with Crippen molar-refractivity contribution < 1.29 is 14.4 Å². The van der Waals surface area contributed by atoms with Crippen molar-refractivity contribution in [3.05, 3.63) is 70.3 Å². The van der Waals surface area contributed by atoms with Gasteiger partial charge < -0.3 is 9.47 Å². The van der Waals surface area contributed by atoms with E-state index in [9.17, 15) is 10.1 Å². The Hall–Kier alpha value is -3.13. The summed E-state index contributed by atoms with van der Waals surface area (Å²) >= 11 is 1.51. The van der Waals surface area contributed by atoms with Gasteiger partial charge in [-0.3, -0.25) is 10.1 Å². The molecule has 8 heteroatoms. The zero-order chi connectivity index (χ0) is 19.2. The monoisotopic (exact) mass is 383 g/mol. The highest BCUT2D eigenvalue weighted by molar-refractivity contribution is 7.98. The molecular formula is C19H17N3O4S. The van der Waals surface area contributed by atoms with Gasteiger partial charge >= 0.3 is 0 Å². The molecule has 1 heterocycles. The Kier molecular flexibility index (Phi) is 5.87. The summed E-state index contributed by atoms with van der Waals surface area (Å²) in [6, 6.07) is 15.8. The molecule has 0 saturated carbocycles. The molecule has 0 aliphatic rings. The molecule has 3 rings (SSSR count). The number of aromatic nitrogens is 2. The van der Waals surface area contributed by atoms with Crippen LogP contribution in [0.15, 0.2) is 59.6 Å². The minimum Gasteiger partial charge on any atom is -0.497 e. The average Bonchev–Trinajstić information content (AvgIpc) is 2.72. The fourth-order valence-corrected chi connectivity index (χ4v) is 3.20. The van der Waals surface area contributed by atoms with Crippen molar-refractivity contribution >= 4 is 17.4 Å². The molecule has 0 radical (unpaired) electrons. The summed E-state index contributed by atoms with van der Waals surface area (Å²) in [5, 5.41) is 20.0. The SMILES string of the molecule is COc1ccc(OC)c(-c2ccc(SCc3ccc([N+](=O)[O-])cc3)nn2)c1. The fraction of sp³-hybridized carbons (Fsp3) is 0.158. The Bertz CT molecular complexity index is 931. The van der Waals surface area contributed by atoms with Crippen molar-refractivity contribution in [2.75, 3.05) is 14.2 Å². The van der Waals surface area contributed by atoms with Crippen LogP contribution >= 0.6 is 11.8 Å². The lowest BCUT2D eigenvalue weighted by Gasteiger charge is -2.10. The van der Waals surface area contributed by atoms with Gasteiger partial charge in [-0.2, -0.15) is 0 Å². The molecule has 0 N–H and O–H groups in total. The number of hydrogen-bond acceptors (Lipinski definition) is 7. The van der Waals surface area contributed by atoms with E-state index >= 15 is 0 Å². The van der Waals surface area contributed by atoms with E-state index < -0.39 is 4.92 Å². The number of ether oxygens (including phenoxy) is 2. The summed E-state index contributed by atoms with van der Waals surface area (Å²) in [6.07, 6.45) is 0. The van der Waals surface area contributed by atoms with E-state index in [1.165, 1.54) is 23.9 Å². The molecule has 0 saturated heterocycles. The van der Waals surface area contributed by atoms with Crippen molar-refractivity contribution in [3.63, 3.8) is 0 Å². The summed E-state index contributed by atoms with van der Waals surface area (Å²) in [5.41, 5.74) is 2.55. The van der Waals surface area contributed by atoms with Gasteiger partial charge in [0.1, 0.15) is 16.5 Å². The molecule has 0 fully saturated rings. The molecule has 0 spiro atoms. The summed E-state index contributed by atoms with van der Waals surface area (Å²) in [5.74, 6) is 2.05. The molecule has 0 aliphatic carbocycles. The van der Waals surface area contributed by atoms with Crippen LogP contribution in [0.2, 0.25) is 0 Å². The molecule has 2 aromatic carbocycles. The van der Waals surface area contributed by atoms with E-state index in [1.807, 2.05) is 30.3 Å². The van der Waals surface area contributed by atoms with Crippen molar-refractivity contribution in [3.8, 4) is 22.8 Å². The summed E-state index contributed by atoms with van der Waals surface area (Å²) < 4.78 is 10.6. The van der Waals surface area contributed by atoms with Crippen LogP contribution in [0.5, 0.6) is 11.5 Å². The molecule has 27 heavy (non-hydrogen) atoms. The maximum Gasteiger partial charge on any atom is 0.269 e. The van der Waals surface area contributed by atoms with Gasteiger partial charge in [0, 0.05) is 23.4 Å². The molecular weight excluding hydrogens is 366 g/mol. The smallest absolute Gasteiger partial charge is 0.269 e. The maximum absolute atomic E-state index is 10.7. The molecule has 138 valence electrons. The number of hydrogen-bond donors (Lipinski definition) is 0. The largest absolute Gasteiger partial charge is 0.497 e. The number of non-ortho nitro benzene ring substituents is 1. The molecule has 0 bridgehead atoms. The number of nitro groups is 1. The molecule has 0 aliphatic heterocycles. The van der Waals surface area contributed by atoms with Crippen LogP contribution in [0.1, 0.15) is 5.56 Å². The van der Waals surface area contributed by atoms with Crippen LogP contribution in [-0.4, -0.2) is 29.3 Å². The van der Waals surface area contributed by atoms with Crippen molar-refractivity contribution in [2.24, 2.45) is 0 Å². The van der Waals surface area contributed by atoms with Gasteiger partial charge in [0.15, 0.2) is 0 Å². The van der Waals surface area contributed by atoms with Crippen LogP contribution in [0.4, 0.5) is 5.69 Å². The summed E-state index contributed by atoms with van der Waals surface area (Å²) in [7, 11) is 3.21. The first-order chi connectivity index (χ1) is 13.1. The lowest BCUT2D eigenvalue weighted by Crippen LogP contribution is -1.94. The number of thioether (sulfide) groups is 1. The molecule has 0 unspecified atom stereocenters. The lowest BCUT2D eigenvalue weighted by atomic mass is 10.1. The number of nitrogens with zero attached hydrogens (tertiary/aromatic N) is 3. The highest BCUT2D eigenvalue weighted by Gasteiger charge is 2.10. The normalized spacial score (nSPS) is 10.4. The molecule has 7 nitrogen and oxygen atoms in total. The Morgan fingerprint density at radius 3 is 2.37 bits per heavy atom. The standard InChI is InChI=1S/C19H17N3O4S/c1-25-15-7-9-18(26-2)16(11-15)17-8-10-19(21-20-17)27-12-13-3-5-14(6-4-13)22(23)24/h3-11H,12H2,1-2H3. The third-order valence-electron chi connectivity index (χ3n) is 3.86. The highest BCUT2D eigenvalue weighted by Crippen LogP contribution is 2.32. The van der Waals surface area contributed by atoms with Crippen LogP contribution in [0.3, 0.4) is 0 Å². The Labute approximate surface area is 160 Å². The third-order valence-corrected chi connectivity index (χ3v) is 4.85. The van der Waals surface area contributed by atoms with Gasteiger partial charge in [-0.05, 0) is 35.9 Å². The van der Waals surface area contributed by atoms with Crippen LogP contribution in [0, 0.1) is 10.1 Å². The second-order valence-electron chi connectivity index (χ2n) is 5.54. The van der Waals surface area contributed by atoms with Gasteiger partial charge in [0.25, 0.3) is 5.69 Å². The maximum atomic E-state index is 10.7. The van der Waals surface area contributed by atoms with E-state index in [-0.39, 0.29) is 5.69 Å². The predicted molar refractivity (Wildman–Crippen MR) is 103 cm³/mol. The summed E-state index contributed by atoms with van der Waals surface area (Å²) in [4.78, 5) is 10.3. The average molecular weight is 383 g/mol. The Balaban J connectivity index is 1.71. The second kappa shape index (κ2) is 8.50. The Morgan fingerprint density at radius 2 is 1.78 bits per heavy atom. The topological polar surface area (TPSA) is 87.4 Å². The zero-order valence-corrected chi connectivity index (χ0v) is 15.6. The number of benzene rings is 2. The van der Waals surface area contributed by atoms with Crippen molar-refractivity contribution in [2.45, 2.75) is 10.8 Å². The molecule has 0 atom stereocenters. The van der Waals surface area contributed by atoms with Crippen molar-refractivity contribution in [1.29, 1.82) is 0 Å². The zero-order valence-electron chi connectivity index (χ0n) is 14.8. The first-order valence-electron chi connectivity index (χ1n) is 8.03. The fourth-order valence-electron chi connectivity index (χ4n) is 2.43.